The number of anilines is 1. The Morgan fingerprint density at radius 1 is 0.969 bits per heavy atom. The van der Waals surface area contributed by atoms with Gasteiger partial charge in [0.1, 0.15) is 5.82 Å². The third kappa shape index (κ3) is 5.46. The number of H-pyrrole nitrogens is 1. The number of rotatable bonds is 7. The first-order valence-electron chi connectivity index (χ1n) is 9.45. The zero-order valence-electron chi connectivity index (χ0n) is 16.8. The summed E-state index contributed by atoms with van der Waals surface area (Å²) in [6, 6.07) is 9.38. The van der Waals surface area contributed by atoms with Crippen LogP contribution in [0.15, 0.2) is 42.5 Å². The summed E-state index contributed by atoms with van der Waals surface area (Å²) in [6.45, 7) is 2.54. The molecule has 8 nitrogen and oxygen atoms in total. The van der Waals surface area contributed by atoms with Crippen molar-refractivity contribution >= 4 is 35.1 Å². The molecular formula is C21H18ClF2N5O3. The first-order valence-corrected chi connectivity index (χ1v) is 9.83. The molecule has 11 heteroatoms. The van der Waals surface area contributed by atoms with Crippen LogP contribution in [0.1, 0.15) is 43.7 Å². The van der Waals surface area contributed by atoms with Gasteiger partial charge in [-0.3, -0.25) is 19.5 Å². The van der Waals surface area contributed by atoms with Gasteiger partial charge in [0, 0.05) is 24.7 Å². The highest BCUT2D eigenvalue weighted by Gasteiger charge is 2.17. The number of carbonyl (C=O) groups is 3. The van der Waals surface area contributed by atoms with Gasteiger partial charge in [-0.15, -0.1) is 0 Å². The maximum Gasteiger partial charge on any atom is 0.272 e. The molecule has 0 radical (unpaired) electrons. The second-order valence-corrected chi connectivity index (χ2v) is 7.01. The standard InChI is InChI=1S/C21H18ClF2N5O3/c1-2-25-19(30)12-5-3-11(4-6-12)10-26-21(32)17-9-18(29-28-17)27-20(31)13-7-15(23)16(24)8-14(13)22/h3-9H,2,10H2,1H3,(H,25,30)(H,26,32)(H2,27,28,29,31). The Kier molecular flexibility index (Phi) is 7.16. The van der Waals surface area contributed by atoms with E-state index in [0.29, 0.717) is 24.2 Å². The van der Waals surface area contributed by atoms with Gasteiger partial charge in [-0.25, -0.2) is 8.78 Å². The molecule has 0 saturated heterocycles. The second-order valence-electron chi connectivity index (χ2n) is 6.61. The summed E-state index contributed by atoms with van der Waals surface area (Å²) in [5.74, 6) is -3.84. The van der Waals surface area contributed by atoms with Crippen molar-refractivity contribution in [2.75, 3.05) is 11.9 Å². The Morgan fingerprint density at radius 3 is 2.34 bits per heavy atom. The summed E-state index contributed by atoms with van der Waals surface area (Å²) >= 11 is 5.78. The van der Waals surface area contributed by atoms with E-state index in [4.69, 9.17) is 11.6 Å². The molecule has 1 heterocycles. The van der Waals surface area contributed by atoms with Crippen molar-refractivity contribution < 1.29 is 23.2 Å². The molecule has 0 atom stereocenters. The number of hydrogen-bond acceptors (Lipinski definition) is 4. The minimum absolute atomic E-state index is 0.00405. The molecular weight excluding hydrogens is 444 g/mol. The highest BCUT2D eigenvalue weighted by molar-refractivity contribution is 6.34. The fraction of sp³-hybridized carbons (Fsp3) is 0.143. The number of carbonyl (C=O) groups excluding carboxylic acids is 3. The van der Waals surface area contributed by atoms with Crippen LogP contribution in [0.25, 0.3) is 0 Å². The summed E-state index contributed by atoms with van der Waals surface area (Å²) < 4.78 is 26.5. The van der Waals surface area contributed by atoms with E-state index in [2.05, 4.69) is 26.1 Å². The normalized spacial score (nSPS) is 10.5. The molecule has 32 heavy (non-hydrogen) atoms. The Hall–Kier alpha value is -3.79. The van der Waals surface area contributed by atoms with Crippen LogP contribution < -0.4 is 16.0 Å². The van der Waals surface area contributed by atoms with Crippen LogP contribution in [-0.4, -0.2) is 34.5 Å². The van der Waals surface area contributed by atoms with Gasteiger partial charge in [0.25, 0.3) is 17.7 Å². The summed E-state index contributed by atoms with van der Waals surface area (Å²) in [5, 5.41) is 13.7. The average molecular weight is 462 g/mol. The van der Waals surface area contributed by atoms with Crippen molar-refractivity contribution in [2.45, 2.75) is 13.5 Å². The Balaban J connectivity index is 1.58. The average Bonchev–Trinajstić information content (AvgIpc) is 3.23. The monoisotopic (exact) mass is 461 g/mol. The van der Waals surface area contributed by atoms with Gasteiger partial charge in [-0.1, -0.05) is 23.7 Å². The lowest BCUT2D eigenvalue weighted by molar-refractivity contribution is 0.0940. The molecule has 3 amide bonds. The number of halogens is 3. The topological polar surface area (TPSA) is 116 Å². The number of hydrogen-bond donors (Lipinski definition) is 4. The molecule has 0 bridgehead atoms. The van der Waals surface area contributed by atoms with E-state index in [1.165, 1.54) is 6.07 Å². The minimum atomic E-state index is -1.22. The van der Waals surface area contributed by atoms with Gasteiger partial charge in [0.05, 0.1) is 10.6 Å². The van der Waals surface area contributed by atoms with Crippen LogP contribution in [0.2, 0.25) is 5.02 Å². The van der Waals surface area contributed by atoms with E-state index < -0.39 is 23.4 Å². The Labute approximate surface area is 186 Å². The molecule has 0 fully saturated rings. The van der Waals surface area contributed by atoms with E-state index in [0.717, 1.165) is 5.56 Å². The molecule has 3 aromatic rings. The highest BCUT2D eigenvalue weighted by atomic mass is 35.5. The summed E-state index contributed by atoms with van der Waals surface area (Å²) in [4.78, 5) is 36.3. The maximum atomic E-state index is 13.4. The first kappa shape index (κ1) is 22.9. The molecule has 3 rings (SSSR count). The van der Waals surface area contributed by atoms with E-state index in [1.807, 2.05) is 6.92 Å². The molecule has 0 spiro atoms. The van der Waals surface area contributed by atoms with Gasteiger partial charge < -0.3 is 16.0 Å². The molecule has 1 aromatic heterocycles. The van der Waals surface area contributed by atoms with E-state index in [-0.39, 0.29) is 34.5 Å². The highest BCUT2D eigenvalue weighted by Crippen LogP contribution is 2.21. The van der Waals surface area contributed by atoms with Crippen molar-refractivity contribution in [1.29, 1.82) is 0 Å². The third-order valence-corrected chi connectivity index (χ3v) is 4.63. The van der Waals surface area contributed by atoms with Crippen LogP contribution in [0.5, 0.6) is 0 Å². The van der Waals surface area contributed by atoms with Crippen LogP contribution >= 0.6 is 11.6 Å². The van der Waals surface area contributed by atoms with E-state index >= 15 is 0 Å². The van der Waals surface area contributed by atoms with Crippen LogP contribution in [0, 0.1) is 11.6 Å². The van der Waals surface area contributed by atoms with Crippen molar-refractivity contribution in [3.05, 3.63) is 81.5 Å². The Morgan fingerprint density at radius 2 is 1.66 bits per heavy atom. The van der Waals surface area contributed by atoms with Gasteiger partial charge >= 0.3 is 0 Å². The maximum absolute atomic E-state index is 13.4. The zero-order chi connectivity index (χ0) is 23.3. The second kappa shape index (κ2) is 10.0. The molecule has 0 saturated carbocycles. The minimum Gasteiger partial charge on any atom is -0.352 e. The number of aromatic nitrogens is 2. The lowest BCUT2D eigenvalue weighted by Crippen LogP contribution is -2.24. The van der Waals surface area contributed by atoms with Crippen molar-refractivity contribution in [2.24, 2.45) is 0 Å². The fourth-order valence-electron chi connectivity index (χ4n) is 2.70. The third-order valence-electron chi connectivity index (χ3n) is 4.32. The molecule has 166 valence electrons. The lowest BCUT2D eigenvalue weighted by Gasteiger charge is -2.06. The summed E-state index contributed by atoms with van der Waals surface area (Å²) in [6.07, 6.45) is 0. The molecule has 0 unspecified atom stereocenters. The quantitative estimate of drug-likeness (QED) is 0.404. The largest absolute Gasteiger partial charge is 0.352 e. The smallest absolute Gasteiger partial charge is 0.272 e. The number of benzene rings is 2. The first-order chi connectivity index (χ1) is 15.3. The molecule has 0 aliphatic carbocycles. The number of nitrogens with zero attached hydrogens (tertiary/aromatic N) is 1. The number of aromatic amines is 1. The predicted molar refractivity (Wildman–Crippen MR) is 114 cm³/mol. The molecule has 0 aliphatic heterocycles. The van der Waals surface area contributed by atoms with Crippen molar-refractivity contribution in [3.8, 4) is 0 Å². The van der Waals surface area contributed by atoms with E-state index in [9.17, 15) is 23.2 Å². The van der Waals surface area contributed by atoms with Crippen LogP contribution in [-0.2, 0) is 6.54 Å². The fourth-order valence-corrected chi connectivity index (χ4v) is 2.93. The number of nitrogens with one attached hydrogen (secondary N) is 4. The Bertz CT molecular complexity index is 1160. The van der Waals surface area contributed by atoms with E-state index in [1.54, 1.807) is 24.3 Å². The summed E-state index contributed by atoms with van der Waals surface area (Å²) in [7, 11) is 0. The van der Waals surface area contributed by atoms with Crippen molar-refractivity contribution in [1.82, 2.24) is 20.8 Å². The molecule has 0 aliphatic rings. The van der Waals surface area contributed by atoms with Gasteiger partial charge in [-0.2, -0.15) is 5.10 Å². The van der Waals surface area contributed by atoms with Crippen LogP contribution in [0.3, 0.4) is 0 Å². The van der Waals surface area contributed by atoms with Gasteiger partial charge in [0.15, 0.2) is 17.3 Å². The van der Waals surface area contributed by atoms with Crippen LogP contribution in [0.4, 0.5) is 14.6 Å². The SMILES string of the molecule is CCNC(=O)c1ccc(CNC(=O)c2cc(NC(=O)c3cc(F)c(F)cc3Cl)[nH]n2)cc1. The van der Waals surface area contributed by atoms with Crippen molar-refractivity contribution in [3.63, 3.8) is 0 Å². The zero-order valence-corrected chi connectivity index (χ0v) is 17.5. The predicted octanol–water partition coefficient (Wildman–Crippen LogP) is 3.27. The molecule has 2 aromatic carbocycles. The number of amides is 3. The van der Waals surface area contributed by atoms with Gasteiger partial charge in [-0.05, 0) is 36.8 Å². The summed E-state index contributed by atoms with van der Waals surface area (Å²) in [5.41, 5.74) is 0.997. The molecule has 4 N–H and O–H groups in total. The lowest BCUT2D eigenvalue weighted by atomic mass is 10.1. The van der Waals surface area contributed by atoms with Gasteiger partial charge in [0.2, 0.25) is 0 Å².